The molecule has 0 saturated carbocycles. The number of ketones is 1. The van der Waals surface area contributed by atoms with E-state index in [1.54, 1.807) is 27.8 Å². The standard InChI is InChI=1S/C27H30F3N7O/c1-17-6-7-19(12-25(17)37-16-24(33-34-37)22-15-32-36(5)18(22)2)13-26(38)21-14-20(27(28,29)30)8-9-23(21)31-10-11-35(3)4/h6-9,12,14-16,31H,10-11,13H2,1-5H3. The molecule has 11 heteroatoms. The molecule has 0 saturated heterocycles. The fourth-order valence-electron chi connectivity index (χ4n) is 4.07. The quantitative estimate of drug-likeness (QED) is 0.319. The molecule has 0 fully saturated rings. The van der Waals surface area contributed by atoms with Crippen LogP contribution in [0.5, 0.6) is 0 Å². The molecule has 0 aliphatic heterocycles. The smallest absolute Gasteiger partial charge is 0.383 e. The number of carbonyl (C=O) groups excluding carboxylic acids is 1. The van der Waals surface area contributed by atoms with E-state index in [9.17, 15) is 18.0 Å². The maximum Gasteiger partial charge on any atom is 0.416 e. The Balaban J connectivity index is 1.62. The third-order valence-corrected chi connectivity index (χ3v) is 6.41. The van der Waals surface area contributed by atoms with E-state index in [4.69, 9.17) is 0 Å². The molecule has 0 aliphatic rings. The van der Waals surface area contributed by atoms with Crippen LogP contribution in [0.15, 0.2) is 48.8 Å². The van der Waals surface area contributed by atoms with E-state index in [1.807, 2.05) is 52.0 Å². The molecule has 8 nitrogen and oxygen atoms in total. The van der Waals surface area contributed by atoms with Crippen LogP contribution in [0.25, 0.3) is 16.9 Å². The number of carbonyl (C=O) groups is 1. The highest BCUT2D eigenvalue weighted by Crippen LogP contribution is 2.32. The minimum Gasteiger partial charge on any atom is -0.383 e. The molecule has 0 spiro atoms. The van der Waals surface area contributed by atoms with Crippen LogP contribution >= 0.6 is 0 Å². The van der Waals surface area contributed by atoms with Crippen LogP contribution in [-0.4, -0.2) is 62.6 Å². The van der Waals surface area contributed by atoms with Crippen molar-refractivity contribution in [2.75, 3.05) is 32.5 Å². The zero-order valence-electron chi connectivity index (χ0n) is 22.0. The molecule has 0 amide bonds. The highest BCUT2D eigenvalue weighted by Gasteiger charge is 2.31. The van der Waals surface area contributed by atoms with Gasteiger partial charge in [-0.2, -0.15) is 18.3 Å². The number of hydrogen-bond donors (Lipinski definition) is 1. The Morgan fingerprint density at radius 2 is 1.87 bits per heavy atom. The molecule has 0 radical (unpaired) electrons. The highest BCUT2D eigenvalue weighted by atomic mass is 19.4. The number of benzene rings is 2. The molecule has 0 atom stereocenters. The number of aromatic nitrogens is 5. The van der Waals surface area contributed by atoms with Gasteiger partial charge in [-0.15, -0.1) is 5.10 Å². The van der Waals surface area contributed by atoms with Gasteiger partial charge in [0.05, 0.1) is 23.6 Å². The van der Waals surface area contributed by atoms with E-state index in [1.165, 1.54) is 6.07 Å². The highest BCUT2D eigenvalue weighted by molar-refractivity contribution is 6.02. The van der Waals surface area contributed by atoms with Crippen molar-refractivity contribution in [1.29, 1.82) is 0 Å². The van der Waals surface area contributed by atoms with Crippen molar-refractivity contribution in [3.8, 4) is 16.9 Å². The molecule has 2 aromatic carbocycles. The lowest BCUT2D eigenvalue weighted by Gasteiger charge is -2.16. The van der Waals surface area contributed by atoms with E-state index < -0.39 is 17.5 Å². The lowest BCUT2D eigenvalue weighted by molar-refractivity contribution is -0.137. The van der Waals surface area contributed by atoms with Gasteiger partial charge in [-0.1, -0.05) is 17.3 Å². The first-order valence-corrected chi connectivity index (χ1v) is 12.1. The summed E-state index contributed by atoms with van der Waals surface area (Å²) in [5.41, 5.74) is 4.29. The number of likely N-dealkylation sites (N-methyl/N-ethyl adjacent to an activating group) is 1. The van der Waals surface area contributed by atoms with Crippen molar-refractivity contribution in [2.45, 2.75) is 26.4 Å². The van der Waals surface area contributed by atoms with Crippen LogP contribution in [0.2, 0.25) is 0 Å². The number of rotatable bonds is 9. The first-order valence-electron chi connectivity index (χ1n) is 12.1. The predicted octanol–water partition coefficient (Wildman–Crippen LogP) is 4.70. The van der Waals surface area contributed by atoms with E-state index in [2.05, 4.69) is 20.7 Å². The zero-order valence-corrected chi connectivity index (χ0v) is 22.0. The predicted molar refractivity (Wildman–Crippen MR) is 140 cm³/mol. The van der Waals surface area contributed by atoms with Gasteiger partial charge in [0.15, 0.2) is 5.78 Å². The van der Waals surface area contributed by atoms with Gasteiger partial charge in [-0.25, -0.2) is 4.68 Å². The fourth-order valence-corrected chi connectivity index (χ4v) is 4.07. The Morgan fingerprint density at radius 3 is 2.53 bits per heavy atom. The Kier molecular flexibility index (Phi) is 7.68. The topological polar surface area (TPSA) is 80.9 Å². The molecule has 4 rings (SSSR count). The maximum atomic E-state index is 13.4. The van der Waals surface area contributed by atoms with Crippen LogP contribution in [0.1, 0.15) is 32.7 Å². The van der Waals surface area contributed by atoms with Gasteiger partial charge in [-0.3, -0.25) is 9.48 Å². The molecule has 1 N–H and O–H groups in total. The molecule has 0 bridgehead atoms. The van der Waals surface area contributed by atoms with Gasteiger partial charge < -0.3 is 10.2 Å². The number of hydrogen-bond acceptors (Lipinski definition) is 6. The van der Waals surface area contributed by atoms with Crippen molar-refractivity contribution in [3.63, 3.8) is 0 Å². The van der Waals surface area contributed by atoms with Crippen LogP contribution < -0.4 is 5.32 Å². The summed E-state index contributed by atoms with van der Waals surface area (Å²) in [4.78, 5) is 15.3. The number of halogens is 3. The summed E-state index contributed by atoms with van der Waals surface area (Å²) in [6.07, 6.45) is -1.10. The minimum absolute atomic E-state index is 0.0100. The molecular weight excluding hydrogens is 495 g/mol. The molecule has 2 heterocycles. The van der Waals surface area contributed by atoms with Crippen molar-refractivity contribution in [3.05, 3.63) is 76.7 Å². The number of aryl methyl sites for hydroxylation is 2. The number of alkyl halides is 3. The summed E-state index contributed by atoms with van der Waals surface area (Å²) in [7, 11) is 5.64. The summed E-state index contributed by atoms with van der Waals surface area (Å²) >= 11 is 0. The van der Waals surface area contributed by atoms with Crippen LogP contribution in [0, 0.1) is 13.8 Å². The molecule has 4 aromatic rings. The van der Waals surface area contributed by atoms with Gasteiger partial charge in [0, 0.05) is 49.1 Å². The van der Waals surface area contributed by atoms with Gasteiger partial charge in [0.1, 0.15) is 5.69 Å². The first-order chi connectivity index (χ1) is 17.9. The molecule has 0 unspecified atom stereocenters. The van der Waals surface area contributed by atoms with Crippen LogP contribution in [0.4, 0.5) is 18.9 Å². The molecule has 2 aromatic heterocycles. The molecule has 0 aliphatic carbocycles. The fraction of sp³-hybridized carbons (Fsp3) is 0.333. The molecule has 200 valence electrons. The molecule has 38 heavy (non-hydrogen) atoms. The van der Waals surface area contributed by atoms with E-state index in [0.29, 0.717) is 30.0 Å². The maximum absolute atomic E-state index is 13.4. The second-order valence-electron chi connectivity index (χ2n) is 9.52. The second-order valence-corrected chi connectivity index (χ2v) is 9.52. The summed E-state index contributed by atoms with van der Waals surface area (Å²) in [5, 5.41) is 15.9. The van der Waals surface area contributed by atoms with E-state index >= 15 is 0 Å². The summed E-state index contributed by atoms with van der Waals surface area (Å²) < 4.78 is 43.7. The zero-order chi connectivity index (χ0) is 27.6. The third-order valence-electron chi connectivity index (χ3n) is 6.41. The van der Waals surface area contributed by atoms with Crippen molar-refractivity contribution < 1.29 is 18.0 Å². The minimum atomic E-state index is -4.55. The van der Waals surface area contributed by atoms with E-state index in [-0.39, 0.29) is 12.0 Å². The average molecular weight is 526 g/mol. The monoisotopic (exact) mass is 525 g/mol. The van der Waals surface area contributed by atoms with Gasteiger partial charge in [0.25, 0.3) is 0 Å². The van der Waals surface area contributed by atoms with Gasteiger partial charge in [-0.05, 0) is 63.3 Å². The summed E-state index contributed by atoms with van der Waals surface area (Å²) in [6, 6.07) is 8.71. The number of nitrogens with one attached hydrogen (secondary N) is 1. The van der Waals surface area contributed by atoms with Gasteiger partial charge in [0.2, 0.25) is 0 Å². The van der Waals surface area contributed by atoms with Crippen LogP contribution in [-0.2, 0) is 19.6 Å². The Hall–Kier alpha value is -3.99. The number of nitrogens with zero attached hydrogens (tertiary/aromatic N) is 6. The Morgan fingerprint density at radius 1 is 1.11 bits per heavy atom. The average Bonchev–Trinajstić information content (AvgIpc) is 3.46. The lowest BCUT2D eigenvalue weighted by Crippen LogP contribution is -2.22. The summed E-state index contributed by atoms with van der Waals surface area (Å²) in [5.74, 6) is -0.413. The summed E-state index contributed by atoms with van der Waals surface area (Å²) in [6.45, 7) is 5.00. The number of anilines is 1. The molecular formula is C27H30F3N7O. The number of Topliss-reactive ketones (excluding diaryl/α,β-unsaturated/α-hetero) is 1. The normalized spacial score (nSPS) is 11.8. The lowest BCUT2D eigenvalue weighted by atomic mass is 9.98. The van der Waals surface area contributed by atoms with Gasteiger partial charge >= 0.3 is 6.18 Å². The second kappa shape index (κ2) is 10.8. The largest absolute Gasteiger partial charge is 0.416 e. The third kappa shape index (κ3) is 5.94. The van der Waals surface area contributed by atoms with Crippen LogP contribution in [0.3, 0.4) is 0 Å². The Labute approximate surface area is 219 Å². The van der Waals surface area contributed by atoms with E-state index in [0.717, 1.165) is 34.6 Å². The first kappa shape index (κ1) is 27.1. The Bertz CT molecular complexity index is 1450. The SMILES string of the molecule is Cc1ccc(CC(=O)c2cc(C(F)(F)F)ccc2NCCN(C)C)cc1-n1cc(-c2cnn(C)c2C)nn1. The van der Waals surface area contributed by atoms with Crippen molar-refractivity contribution in [1.82, 2.24) is 29.7 Å². The van der Waals surface area contributed by atoms with Crippen molar-refractivity contribution in [2.24, 2.45) is 7.05 Å². The van der Waals surface area contributed by atoms with Crippen molar-refractivity contribution >= 4 is 11.5 Å².